The van der Waals surface area contributed by atoms with E-state index >= 15 is 0 Å². The number of benzene rings is 1. The van der Waals surface area contributed by atoms with E-state index < -0.39 is 0 Å². The Morgan fingerprint density at radius 2 is 1.95 bits per heavy atom. The van der Waals surface area contributed by atoms with Gasteiger partial charge in [0, 0.05) is 29.9 Å². The molecule has 2 N–H and O–H groups in total. The standard InChI is InChI=1S/C15H18ClN5O/c1-21(2)8-7-17-15(22)13-9-14(19-10-18-13)20-12-5-3-11(16)4-6-12/h3-6,9-10H,7-8H2,1-2H3,(H,17,22)(H,18,19,20). The zero-order chi connectivity index (χ0) is 15.9. The molecule has 6 nitrogen and oxygen atoms in total. The third-order valence-corrected chi connectivity index (χ3v) is 3.11. The average Bonchev–Trinajstić information content (AvgIpc) is 2.49. The van der Waals surface area contributed by atoms with Crippen LogP contribution < -0.4 is 10.6 Å². The van der Waals surface area contributed by atoms with Crippen molar-refractivity contribution in [2.75, 3.05) is 32.5 Å². The minimum atomic E-state index is -0.219. The molecule has 1 heterocycles. The number of rotatable bonds is 6. The third kappa shape index (κ3) is 4.98. The number of amides is 1. The minimum absolute atomic E-state index is 0.219. The van der Waals surface area contributed by atoms with Crippen molar-refractivity contribution in [1.82, 2.24) is 20.2 Å². The zero-order valence-corrected chi connectivity index (χ0v) is 13.3. The van der Waals surface area contributed by atoms with Gasteiger partial charge in [0.05, 0.1) is 0 Å². The van der Waals surface area contributed by atoms with Gasteiger partial charge in [0.1, 0.15) is 17.8 Å². The van der Waals surface area contributed by atoms with E-state index in [1.165, 1.54) is 6.33 Å². The van der Waals surface area contributed by atoms with Crippen molar-refractivity contribution in [3.63, 3.8) is 0 Å². The molecule has 0 saturated carbocycles. The molecule has 0 aliphatic rings. The molecule has 2 rings (SSSR count). The number of carbonyl (C=O) groups excluding carboxylic acids is 1. The van der Waals surface area contributed by atoms with Crippen LogP contribution in [-0.2, 0) is 0 Å². The molecule has 0 unspecified atom stereocenters. The van der Waals surface area contributed by atoms with E-state index in [2.05, 4.69) is 20.6 Å². The molecule has 0 aliphatic carbocycles. The molecule has 2 aromatic rings. The molecule has 0 spiro atoms. The van der Waals surface area contributed by atoms with Crippen molar-refractivity contribution in [3.05, 3.63) is 47.4 Å². The Morgan fingerprint density at radius 1 is 1.23 bits per heavy atom. The average molecular weight is 320 g/mol. The van der Waals surface area contributed by atoms with Gasteiger partial charge < -0.3 is 15.5 Å². The van der Waals surface area contributed by atoms with Gasteiger partial charge in [-0.15, -0.1) is 0 Å². The number of hydrogen-bond donors (Lipinski definition) is 2. The van der Waals surface area contributed by atoms with Crippen molar-refractivity contribution in [3.8, 4) is 0 Å². The van der Waals surface area contributed by atoms with Crippen LogP contribution in [0.3, 0.4) is 0 Å². The Morgan fingerprint density at radius 3 is 2.64 bits per heavy atom. The van der Waals surface area contributed by atoms with E-state index in [-0.39, 0.29) is 5.91 Å². The molecular weight excluding hydrogens is 302 g/mol. The quantitative estimate of drug-likeness (QED) is 0.854. The molecule has 22 heavy (non-hydrogen) atoms. The highest BCUT2D eigenvalue weighted by Crippen LogP contribution is 2.17. The van der Waals surface area contributed by atoms with Crippen molar-refractivity contribution < 1.29 is 4.79 Å². The lowest BCUT2D eigenvalue weighted by Gasteiger charge is -2.10. The van der Waals surface area contributed by atoms with Gasteiger partial charge in [0.2, 0.25) is 0 Å². The lowest BCUT2D eigenvalue weighted by Crippen LogP contribution is -2.31. The maximum atomic E-state index is 12.0. The van der Waals surface area contributed by atoms with Gasteiger partial charge in [-0.25, -0.2) is 9.97 Å². The zero-order valence-electron chi connectivity index (χ0n) is 12.5. The molecule has 0 fully saturated rings. The lowest BCUT2D eigenvalue weighted by molar-refractivity contribution is 0.0946. The summed E-state index contributed by atoms with van der Waals surface area (Å²) >= 11 is 5.84. The normalized spacial score (nSPS) is 10.5. The van der Waals surface area contributed by atoms with E-state index in [9.17, 15) is 4.79 Å². The molecule has 0 atom stereocenters. The van der Waals surface area contributed by atoms with Gasteiger partial charge in [-0.05, 0) is 38.4 Å². The highest BCUT2D eigenvalue weighted by atomic mass is 35.5. The molecule has 1 aromatic heterocycles. The predicted molar refractivity (Wildman–Crippen MR) is 87.7 cm³/mol. The molecular formula is C15H18ClN5O. The van der Waals surface area contributed by atoms with Crippen LogP contribution in [0.1, 0.15) is 10.5 Å². The predicted octanol–water partition coefficient (Wildman–Crippen LogP) is 2.17. The van der Waals surface area contributed by atoms with Crippen molar-refractivity contribution in [1.29, 1.82) is 0 Å². The first-order valence-electron chi connectivity index (χ1n) is 6.82. The summed E-state index contributed by atoms with van der Waals surface area (Å²) < 4.78 is 0. The summed E-state index contributed by atoms with van der Waals surface area (Å²) in [6, 6.07) is 8.84. The molecule has 0 radical (unpaired) electrons. The van der Waals surface area contributed by atoms with Crippen molar-refractivity contribution in [2.24, 2.45) is 0 Å². The van der Waals surface area contributed by atoms with E-state index in [1.54, 1.807) is 18.2 Å². The van der Waals surface area contributed by atoms with Gasteiger partial charge >= 0.3 is 0 Å². The first kappa shape index (κ1) is 16.2. The second kappa shape index (κ2) is 7.72. The first-order valence-corrected chi connectivity index (χ1v) is 7.20. The highest BCUT2D eigenvalue weighted by molar-refractivity contribution is 6.30. The minimum Gasteiger partial charge on any atom is -0.349 e. The van der Waals surface area contributed by atoms with Gasteiger partial charge in [0.15, 0.2) is 0 Å². The Bertz CT molecular complexity index is 630. The van der Waals surface area contributed by atoms with Gasteiger partial charge in [-0.3, -0.25) is 4.79 Å². The summed E-state index contributed by atoms with van der Waals surface area (Å²) in [5.74, 6) is 0.332. The second-order valence-electron chi connectivity index (χ2n) is 4.98. The Hall–Kier alpha value is -2.18. The Balaban J connectivity index is 2.00. The monoisotopic (exact) mass is 319 g/mol. The number of carbonyl (C=O) groups is 1. The molecule has 0 bridgehead atoms. The van der Waals surface area contributed by atoms with Crippen molar-refractivity contribution >= 4 is 29.0 Å². The maximum absolute atomic E-state index is 12.0. The fraction of sp³-hybridized carbons (Fsp3) is 0.267. The van der Waals surface area contributed by atoms with E-state index in [1.807, 2.05) is 31.1 Å². The first-order chi connectivity index (χ1) is 10.5. The van der Waals surface area contributed by atoms with E-state index in [4.69, 9.17) is 11.6 Å². The molecule has 7 heteroatoms. The lowest BCUT2D eigenvalue weighted by atomic mass is 10.3. The summed E-state index contributed by atoms with van der Waals surface area (Å²) in [4.78, 5) is 22.1. The van der Waals surface area contributed by atoms with Crippen LogP contribution >= 0.6 is 11.6 Å². The smallest absolute Gasteiger partial charge is 0.270 e. The SMILES string of the molecule is CN(C)CCNC(=O)c1cc(Nc2ccc(Cl)cc2)ncn1. The number of likely N-dealkylation sites (N-methyl/N-ethyl adjacent to an activating group) is 1. The van der Waals surface area contributed by atoms with E-state index in [0.717, 1.165) is 12.2 Å². The van der Waals surface area contributed by atoms with Crippen LogP contribution in [0.2, 0.25) is 5.02 Å². The summed E-state index contributed by atoms with van der Waals surface area (Å²) in [7, 11) is 3.90. The molecule has 1 aromatic carbocycles. The van der Waals surface area contributed by atoms with E-state index in [0.29, 0.717) is 23.1 Å². The Labute approximate surface area is 134 Å². The van der Waals surface area contributed by atoms with Crippen LogP contribution in [0.5, 0.6) is 0 Å². The third-order valence-electron chi connectivity index (χ3n) is 2.86. The fourth-order valence-electron chi connectivity index (χ4n) is 1.71. The largest absolute Gasteiger partial charge is 0.349 e. The summed E-state index contributed by atoms with van der Waals surface area (Å²) in [5, 5.41) is 6.58. The summed E-state index contributed by atoms with van der Waals surface area (Å²) in [6.07, 6.45) is 1.36. The number of anilines is 2. The molecule has 1 amide bonds. The number of hydrogen-bond acceptors (Lipinski definition) is 5. The van der Waals surface area contributed by atoms with Crippen LogP contribution in [0.15, 0.2) is 36.7 Å². The molecule has 0 aliphatic heterocycles. The maximum Gasteiger partial charge on any atom is 0.270 e. The van der Waals surface area contributed by atoms with Crippen LogP contribution in [0.4, 0.5) is 11.5 Å². The van der Waals surface area contributed by atoms with Crippen LogP contribution in [-0.4, -0.2) is 48.0 Å². The fourth-order valence-corrected chi connectivity index (χ4v) is 1.84. The summed E-state index contributed by atoms with van der Waals surface area (Å²) in [6.45, 7) is 1.34. The second-order valence-corrected chi connectivity index (χ2v) is 5.42. The highest BCUT2D eigenvalue weighted by Gasteiger charge is 2.08. The molecule has 0 saturated heterocycles. The molecule has 116 valence electrons. The number of halogens is 1. The Kier molecular flexibility index (Phi) is 5.68. The number of aromatic nitrogens is 2. The van der Waals surface area contributed by atoms with Crippen LogP contribution in [0, 0.1) is 0 Å². The van der Waals surface area contributed by atoms with Gasteiger partial charge in [0.25, 0.3) is 5.91 Å². The van der Waals surface area contributed by atoms with Crippen LogP contribution in [0.25, 0.3) is 0 Å². The number of nitrogens with one attached hydrogen (secondary N) is 2. The topological polar surface area (TPSA) is 70.2 Å². The summed E-state index contributed by atoms with van der Waals surface area (Å²) in [5.41, 5.74) is 1.16. The number of nitrogens with zero attached hydrogens (tertiary/aromatic N) is 3. The van der Waals surface area contributed by atoms with Gasteiger partial charge in [-0.2, -0.15) is 0 Å². The van der Waals surface area contributed by atoms with Gasteiger partial charge in [-0.1, -0.05) is 11.6 Å². The van der Waals surface area contributed by atoms with Crippen molar-refractivity contribution in [2.45, 2.75) is 0 Å².